The second kappa shape index (κ2) is 7.59. The van der Waals surface area contributed by atoms with Crippen molar-refractivity contribution in [3.63, 3.8) is 0 Å². The van der Waals surface area contributed by atoms with Crippen molar-refractivity contribution in [2.24, 2.45) is 0 Å². The Bertz CT molecular complexity index is 1080. The van der Waals surface area contributed by atoms with Crippen LogP contribution in [0.15, 0.2) is 84.7 Å². The van der Waals surface area contributed by atoms with Gasteiger partial charge in [0.1, 0.15) is 11.5 Å². The van der Waals surface area contributed by atoms with Gasteiger partial charge in [-0.2, -0.15) is 0 Å². The van der Waals surface area contributed by atoms with E-state index in [9.17, 15) is 14.7 Å². The predicted molar refractivity (Wildman–Crippen MR) is 108 cm³/mol. The fourth-order valence-electron chi connectivity index (χ4n) is 3.45. The molecule has 1 aliphatic rings. The minimum Gasteiger partial charge on any atom is -0.507 e. The lowest BCUT2D eigenvalue weighted by atomic mass is 9.95. The van der Waals surface area contributed by atoms with Gasteiger partial charge in [0.2, 0.25) is 0 Å². The molecule has 29 heavy (non-hydrogen) atoms. The molecule has 0 bridgehead atoms. The van der Waals surface area contributed by atoms with E-state index in [0.717, 1.165) is 0 Å². The zero-order valence-electron chi connectivity index (χ0n) is 15.6. The van der Waals surface area contributed by atoms with E-state index in [-0.39, 0.29) is 11.3 Å². The first-order valence-corrected chi connectivity index (χ1v) is 9.02. The average Bonchev–Trinajstić information content (AvgIpc) is 3.05. The molecule has 6 nitrogen and oxygen atoms in total. The number of carbonyl (C=O) groups excluding carboxylic acids is 2. The molecule has 2 heterocycles. The lowest BCUT2D eigenvalue weighted by Gasteiger charge is -2.25. The highest BCUT2D eigenvalue weighted by Crippen LogP contribution is 2.42. The van der Waals surface area contributed by atoms with Crippen LogP contribution in [-0.2, 0) is 9.59 Å². The van der Waals surface area contributed by atoms with Crippen LogP contribution < -0.4 is 9.64 Å². The molecule has 1 saturated heterocycles. The van der Waals surface area contributed by atoms with Gasteiger partial charge < -0.3 is 9.84 Å². The number of amides is 1. The number of nitrogens with zero attached hydrogens (tertiary/aromatic N) is 2. The van der Waals surface area contributed by atoms with Crippen molar-refractivity contribution < 1.29 is 19.4 Å². The first-order chi connectivity index (χ1) is 14.1. The number of hydrogen-bond acceptors (Lipinski definition) is 5. The lowest BCUT2D eigenvalue weighted by molar-refractivity contribution is -0.132. The third-order valence-corrected chi connectivity index (χ3v) is 4.85. The maximum atomic E-state index is 13.0. The molecule has 144 valence electrons. The number of ether oxygens (including phenoxy) is 1. The van der Waals surface area contributed by atoms with Gasteiger partial charge >= 0.3 is 0 Å². The van der Waals surface area contributed by atoms with E-state index < -0.39 is 17.7 Å². The van der Waals surface area contributed by atoms with Gasteiger partial charge in [0, 0.05) is 11.8 Å². The Kier molecular flexibility index (Phi) is 4.83. The molecule has 0 aliphatic carbocycles. The molecule has 6 heteroatoms. The lowest BCUT2D eigenvalue weighted by Crippen LogP contribution is -2.29. The second-order valence-corrected chi connectivity index (χ2v) is 6.52. The van der Waals surface area contributed by atoms with Gasteiger partial charge in [0.15, 0.2) is 0 Å². The van der Waals surface area contributed by atoms with Gasteiger partial charge in [-0.05, 0) is 29.8 Å². The van der Waals surface area contributed by atoms with Crippen LogP contribution in [-0.4, -0.2) is 28.9 Å². The number of anilines is 1. The summed E-state index contributed by atoms with van der Waals surface area (Å²) in [4.78, 5) is 31.3. The van der Waals surface area contributed by atoms with Gasteiger partial charge in [-0.3, -0.25) is 19.5 Å². The molecular weight excluding hydrogens is 368 g/mol. The largest absolute Gasteiger partial charge is 0.507 e. The summed E-state index contributed by atoms with van der Waals surface area (Å²) in [6, 6.07) is 18.4. The molecular formula is C23H18N2O4. The smallest absolute Gasteiger partial charge is 0.300 e. The summed E-state index contributed by atoms with van der Waals surface area (Å²) in [5.41, 5.74) is 1.65. The number of hydrogen-bond donors (Lipinski definition) is 1. The summed E-state index contributed by atoms with van der Waals surface area (Å²) in [6.45, 7) is 0. The second-order valence-electron chi connectivity index (χ2n) is 6.52. The van der Waals surface area contributed by atoms with E-state index in [1.807, 2.05) is 6.07 Å². The quantitative estimate of drug-likeness (QED) is 0.420. The molecule has 0 unspecified atom stereocenters. The Hall–Kier alpha value is -3.93. The highest BCUT2D eigenvalue weighted by molar-refractivity contribution is 6.51. The monoisotopic (exact) mass is 386 g/mol. The van der Waals surface area contributed by atoms with Crippen LogP contribution >= 0.6 is 0 Å². The van der Waals surface area contributed by atoms with Crippen molar-refractivity contribution in [3.05, 3.63) is 95.8 Å². The SMILES string of the molecule is COc1ccc([C@H]2C(=C(O)c3ccccc3)C(=O)C(=O)N2c2cccnc2)cc1. The number of carbonyl (C=O) groups is 2. The van der Waals surface area contributed by atoms with Crippen molar-refractivity contribution in [3.8, 4) is 5.75 Å². The van der Waals surface area contributed by atoms with Crippen molar-refractivity contribution in [1.82, 2.24) is 4.98 Å². The molecule has 2 aromatic carbocycles. The van der Waals surface area contributed by atoms with Crippen LogP contribution in [0, 0.1) is 0 Å². The van der Waals surface area contributed by atoms with Crippen LogP contribution in [0.2, 0.25) is 0 Å². The molecule has 1 N–H and O–H groups in total. The maximum Gasteiger partial charge on any atom is 0.300 e. The number of aliphatic hydroxyl groups is 1. The standard InChI is InChI=1S/C23H18N2O4/c1-29-18-11-9-15(10-12-18)20-19(21(26)16-6-3-2-4-7-16)22(27)23(28)25(20)17-8-5-13-24-14-17/h2-14,20,26H,1H3/t20-/m0/s1. The number of rotatable bonds is 4. The van der Waals surface area contributed by atoms with Gasteiger partial charge in [-0.15, -0.1) is 0 Å². The van der Waals surface area contributed by atoms with Crippen molar-refractivity contribution in [2.45, 2.75) is 6.04 Å². The summed E-state index contributed by atoms with van der Waals surface area (Å²) in [5, 5.41) is 10.9. The topological polar surface area (TPSA) is 79.7 Å². The number of aliphatic hydroxyl groups excluding tert-OH is 1. The molecule has 4 rings (SSSR count). The molecule has 0 saturated carbocycles. The molecule has 0 spiro atoms. The Balaban J connectivity index is 1.93. The minimum absolute atomic E-state index is 0.0372. The summed E-state index contributed by atoms with van der Waals surface area (Å²) in [7, 11) is 1.56. The van der Waals surface area contributed by atoms with E-state index in [1.54, 1.807) is 74.0 Å². The third-order valence-electron chi connectivity index (χ3n) is 4.85. The highest BCUT2D eigenvalue weighted by Gasteiger charge is 2.47. The Morgan fingerprint density at radius 3 is 2.34 bits per heavy atom. The van der Waals surface area contributed by atoms with E-state index in [1.165, 1.54) is 11.1 Å². The number of benzene rings is 2. The first kappa shape index (κ1) is 18.4. The first-order valence-electron chi connectivity index (χ1n) is 9.02. The summed E-state index contributed by atoms with van der Waals surface area (Å²) in [5.74, 6) is -1.02. The molecule has 1 aliphatic heterocycles. The number of aromatic nitrogens is 1. The predicted octanol–water partition coefficient (Wildman–Crippen LogP) is 3.72. The van der Waals surface area contributed by atoms with Gasteiger partial charge in [-0.25, -0.2) is 0 Å². The summed E-state index contributed by atoms with van der Waals surface area (Å²) >= 11 is 0. The zero-order chi connectivity index (χ0) is 20.4. The van der Waals surface area contributed by atoms with E-state index >= 15 is 0 Å². The van der Waals surface area contributed by atoms with E-state index in [4.69, 9.17) is 4.74 Å². The number of ketones is 1. The van der Waals surface area contributed by atoms with Crippen LogP contribution in [0.4, 0.5) is 5.69 Å². The van der Waals surface area contributed by atoms with Crippen LogP contribution in [0.5, 0.6) is 5.75 Å². The summed E-state index contributed by atoms with van der Waals surface area (Å²) < 4.78 is 5.21. The maximum absolute atomic E-state index is 13.0. The van der Waals surface area contributed by atoms with Gasteiger partial charge in [0.25, 0.3) is 11.7 Å². The van der Waals surface area contributed by atoms with Crippen LogP contribution in [0.25, 0.3) is 5.76 Å². The Labute approximate surface area is 167 Å². The minimum atomic E-state index is -0.787. The molecule has 1 atom stereocenters. The van der Waals surface area contributed by atoms with E-state index in [0.29, 0.717) is 22.6 Å². The normalized spacial score (nSPS) is 18.1. The van der Waals surface area contributed by atoms with Crippen molar-refractivity contribution >= 4 is 23.1 Å². The molecule has 1 aromatic heterocycles. The average molecular weight is 386 g/mol. The van der Waals surface area contributed by atoms with Gasteiger partial charge in [0.05, 0.1) is 30.6 Å². The van der Waals surface area contributed by atoms with Crippen LogP contribution in [0.1, 0.15) is 17.2 Å². The van der Waals surface area contributed by atoms with E-state index in [2.05, 4.69) is 4.98 Å². The zero-order valence-corrected chi connectivity index (χ0v) is 15.6. The number of pyridine rings is 1. The molecule has 0 radical (unpaired) electrons. The van der Waals surface area contributed by atoms with Crippen LogP contribution in [0.3, 0.4) is 0 Å². The molecule has 1 fully saturated rings. The van der Waals surface area contributed by atoms with Gasteiger partial charge in [-0.1, -0.05) is 42.5 Å². The number of methoxy groups -OCH3 is 1. The Morgan fingerprint density at radius 2 is 1.72 bits per heavy atom. The van der Waals surface area contributed by atoms with Crippen molar-refractivity contribution in [1.29, 1.82) is 0 Å². The number of Topliss-reactive ketones (excluding diaryl/α,β-unsaturated/α-hetero) is 1. The Morgan fingerprint density at radius 1 is 1.00 bits per heavy atom. The fourth-order valence-corrected chi connectivity index (χ4v) is 3.45. The van der Waals surface area contributed by atoms with Crippen molar-refractivity contribution in [2.75, 3.05) is 12.0 Å². The summed E-state index contributed by atoms with van der Waals surface area (Å²) in [6.07, 6.45) is 3.11. The highest BCUT2D eigenvalue weighted by atomic mass is 16.5. The molecule has 1 amide bonds. The third kappa shape index (κ3) is 3.25. The fraction of sp³-hybridized carbons (Fsp3) is 0.0870. The molecule has 3 aromatic rings.